The Morgan fingerprint density at radius 3 is 2.15 bits per heavy atom. The van der Waals surface area contributed by atoms with E-state index in [9.17, 15) is 0 Å². The van der Waals surface area contributed by atoms with Crippen LogP contribution in [-0.2, 0) is 0 Å². The molecule has 0 aromatic carbocycles. The fraction of sp³-hybridized carbons (Fsp3) is 0.556. The lowest BCUT2D eigenvalue weighted by Crippen LogP contribution is -1.98. The van der Waals surface area contributed by atoms with Crippen molar-refractivity contribution in [3.8, 4) is 0 Å². The molecule has 1 aromatic heterocycles. The van der Waals surface area contributed by atoms with Gasteiger partial charge in [0.05, 0.1) is 0 Å². The van der Waals surface area contributed by atoms with E-state index in [0.717, 1.165) is 28.0 Å². The van der Waals surface area contributed by atoms with Crippen molar-refractivity contribution < 1.29 is 0 Å². The Bertz CT molecular complexity index is 277. The molecule has 1 heterocycles. The Balaban J connectivity index is 2.86. The summed E-state index contributed by atoms with van der Waals surface area (Å²) in [6, 6.07) is 0. The Hall–Kier alpha value is -0.220. The van der Waals surface area contributed by atoms with Crippen LogP contribution in [0, 0.1) is 20.8 Å². The van der Waals surface area contributed by atoms with Crippen LogP contribution in [0.3, 0.4) is 0 Å². The zero-order valence-electron chi connectivity index (χ0n) is 8.16. The van der Waals surface area contributed by atoms with Crippen LogP contribution in [0.5, 0.6) is 0 Å². The van der Waals surface area contributed by atoms with Gasteiger partial charge in [-0.1, -0.05) is 11.8 Å². The largest absolute Gasteiger partial charge is 0.228 e. The third kappa shape index (κ3) is 2.88. The van der Waals surface area contributed by atoms with Crippen LogP contribution in [0.1, 0.15) is 17.0 Å². The van der Waals surface area contributed by atoms with Gasteiger partial charge < -0.3 is 0 Å². The Morgan fingerprint density at radius 2 is 1.69 bits per heavy atom. The summed E-state index contributed by atoms with van der Waals surface area (Å²) < 4.78 is 0. The van der Waals surface area contributed by atoms with Gasteiger partial charge in [0, 0.05) is 17.1 Å². The van der Waals surface area contributed by atoms with Crippen molar-refractivity contribution >= 4 is 24.4 Å². The van der Waals surface area contributed by atoms with E-state index in [0.29, 0.717) is 0 Å². The molecule has 1 rings (SSSR count). The molecule has 72 valence electrons. The summed E-state index contributed by atoms with van der Waals surface area (Å²) >= 11 is 5.81. The monoisotopic (exact) mass is 214 g/mol. The molecule has 0 aliphatic carbocycles. The molecule has 0 radical (unpaired) electrons. The summed E-state index contributed by atoms with van der Waals surface area (Å²) in [6.07, 6.45) is 0. The summed E-state index contributed by atoms with van der Waals surface area (Å²) in [5.74, 6) is 1.82. The molecule has 2 nitrogen and oxygen atoms in total. The highest BCUT2D eigenvalue weighted by atomic mass is 32.2. The minimum Gasteiger partial charge on any atom is -0.228 e. The summed E-state index contributed by atoms with van der Waals surface area (Å²) in [7, 11) is 0. The third-order valence-electron chi connectivity index (χ3n) is 1.93. The maximum atomic E-state index is 4.39. The SMILES string of the molecule is Cc1nc(SCCS)nc(C)c1C. The van der Waals surface area contributed by atoms with Gasteiger partial charge in [-0.25, -0.2) is 9.97 Å². The van der Waals surface area contributed by atoms with Gasteiger partial charge in [0.25, 0.3) is 0 Å². The van der Waals surface area contributed by atoms with E-state index in [-0.39, 0.29) is 0 Å². The summed E-state index contributed by atoms with van der Waals surface area (Å²) in [5, 5.41) is 0.870. The van der Waals surface area contributed by atoms with Crippen LogP contribution in [0.25, 0.3) is 0 Å². The van der Waals surface area contributed by atoms with Crippen LogP contribution in [0.15, 0.2) is 5.16 Å². The third-order valence-corrected chi connectivity index (χ3v) is 3.31. The molecule has 0 fully saturated rings. The molecule has 0 saturated heterocycles. The molecule has 1 aromatic rings. The van der Waals surface area contributed by atoms with E-state index in [1.54, 1.807) is 11.8 Å². The van der Waals surface area contributed by atoms with E-state index in [1.807, 2.05) is 13.8 Å². The van der Waals surface area contributed by atoms with Crippen LogP contribution in [0.2, 0.25) is 0 Å². The maximum absolute atomic E-state index is 4.39. The normalized spacial score (nSPS) is 10.5. The Morgan fingerprint density at radius 1 is 1.15 bits per heavy atom. The van der Waals surface area contributed by atoms with Crippen LogP contribution in [0.4, 0.5) is 0 Å². The Kier molecular flexibility index (Phi) is 4.06. The second-order valence-corrected chi connectivity index (χ2v) is 4.38. The molecule has 0 atom stereocenters. The van der Waals surface area contributed by atoms with Crippen molar-refractivity contribution in [1.29, 1.82) is 0 Å². The number of aromatic nitrogens is 2. The van der Waals surface area contributed by atoms with E-state index >= 15 is 0 Å². The smallest absolute Gasteiger partial charge is 0.188 e. The first-order valence-corrected chi connectivity index (χ1v) is 5.82. The standard InChI is InChI=1S/C9H14N2S2/c1-6-7(2)10-9(11-8(6)3)13-5-4-12/h12H,4-5H2,1-3H3. The van der Waals surface area contributed by atoms with Crippen molar-refractivity contribution in [2.45, 2.75) is 25.9 Å². The lowest BCUT2D eigenvalue weighted by atomic mass is 10.2. The fourth-order valence-corrected chi connectivity index (χ4v) is 1.89. The van der Waals surface area contributed by atoms with Gasteiger partial charge in [-0.15, -0.1) is 0 Å². The number of nitrogens with zero attached hydrogens (tertiary/aromatic N) is 2. The lowest BCUT2D eigenvalue weighted by molar-refractivity contribution is 0.881. The van der Waals surface area contributed by atoms with Crippen molar-refractivity contribution in [3.63, 3.8) is 0 Å². The zero-order valence-corrected chi connectivity index (χ0v) is 9.88. The molecule has 0 aliphatic heterocycles. The van der Waals surface area contributed by atoms with Gasteiger partial charge in [-0.2, -0.15) is 12.6 Å². The first-order valence-electron chi connectivity index (χ1n) is 4.20. The van der Waals surface area contributed by atoms with E-state index < -0.39 is 0 Å². The van der Waals surface area contributed by atoms with E-state index in [1.165, 1.54) is 5.56 Å². The number of hydrogen-bond acceptors (Lipinski definition) is 4. The highest BCUT2D eigenvalue weighted by Crippen LogP contribution is 2.16. The quantitative estimate of drug-likeness (QED) is 0.475. The van der Waals surface area contributed by atoms with E-state index in [4.69, 9.17) is 0 Å². The van der Waals surface area contributed by atoms with Gasteiger partial charge in [0.1, 0.15) is 0 Å². The van der Waals surface area contributed by atoms with Gasteiger partial charge in [-0.3, -0.25) is 0 Å². The number of thioether (sulfide) groups is 1. The molecule has 0 N–H and O–H groups in total. The van der Waals surface area contributed by atoms with Gasteiger partial charge in [0.2, 0.25) is 0 Å². The molecular formula is C9H14N2S2. The zero-order chi connectivity index (χ0) is 9.84. The molecule has 0 spiro atoms. The van der Waals surface area contributed by atoms with E-state index in [2.05, 4.69) is 29.5 Å². The molecule has 13 heavy (non-hydrogen) atoms. The van der Waals surface area contributed by atoms with Crippen molar-refractivity contribution in [1.82, 2.24) is 9.97 Å². The lowest BCUT2D eigenvalue weighted by Gasteiger charge is -2.05. The first kappa shape index (κ1) is 10.9. The van der Waals surface area contributed by atoms with Gasteiger partial charge >= 0.3 is 0 Å². The highest BCUT2D eigenvalue weighted by Gasteiger charge is 2.03. The predicted octanol–water partition coefficient (Wildman–Crippen LogP) is 2.42. The average molecular weight is 214 g/mol. The Labute approximate surface area is 89.0 Å². The minimum absolute atomic E-state index is 0.861. The first-order chi connectivity index (χ1) is 6.15. The molecule has 0 aliphatic rings. The van der Waals surface area contributed by atoms with Crippen molar-refractivity contribution in [3.05, 3.63) is 17.0 Å². The molecule has 0 bridgehead atoms. The van der Waals surface area contributed by atoms with Gasteiger partial charge in [0.15, 0.2) is 5.16 Å². The number of hydrogen-bond donors (Lipinski definition) is 1. The number of aryl methyl sites for hydroxylation is 2. The number of thiol groups is 1. The second-order valence-electron chi connectivity index (χ2n) is 2.87. The van der Waals surface area contributed by atoms with Crippen LogP contribution < -0.4 is 0 Å². The molecule has 4 heteroatoms. The minimum atomic E-state index is 0.861. The van der Waals surface area contributed by atoms with Crippen molar-refractivity contribution in [2.24, 2.45) is 0 Å². The molecule has 0 unspecified atom stereocenters. The fourth-order valence-electron chi connectivity index (χ4n) is 0.943. The maximum Gasteiger partial charge on any atom is 0.188 e. The van der Waals surface area contributed by atoms with Crippen molar-refractivity contribution in [2.75, 3.05) is 11.5 Å². The van der Waals surface area contributed by atoms with Crippen LogP contribution in [-0.4, -0.2) is 21.5 Å². The topological polar surface area (TPSA) is 25.8 Å². The molecule has 0 amide bonds. The summed E-state index contributed by atoms with van der Waals surface area (Å²) in [5.41, 5.74) is 3.35. The van der Waals surface area contributed by atoms with Gasteiger partial charge in [-0.05, 0) is 32.1 Å². The molecular weight excluding hydrogens is 200 g/mol. The predicted molar refractivity (Wildman–Crippen MR) is 60.8 cm³/mol. The summed E-state index contributed by atoms with van der Waals surface area (Å²) in [4.78, 5) is 8.78. The number of rotatable bonds is 3. The second kappa shape index (κ2) is 4.86. The average Bonchev–Trinajstić information content (AvgIpc) is 2.10. The van der Waals surface area contributed by atoms with Crippen LogP contribution >= 0.6 is 24.4 Å². The molecule has 0 saturated carbocycles. The summed E-state index contributed by atoms with van der Waals surface area (Å²) in [6.45, 7) is 6.10. The highest BCUT2D eigenvalue weighted by molar-refractivity contribution is 7.99.